The van der Waals surface area contributed by atoms with E-state index in [1.165, 1.54) is 0 Å². The molecule has 0 aromatic heterocycles. The van der Waals surface area contributed by atoms with Gasteiger partial charge in [0, 0.05) is 23.4 Å². The Labute approximate surface area is 148 Å². The van der Waals surface area contributed by atoms with Crippen LogP contribution in [0.25, 0.3) is 0 Å². The van der Waals surface area contributed by atoms with Gasteiger partial charge in [-0.1, -0.05) is 19.1 Å². The lowest BCUT2D eigenvalue weighted by atomic mass is 10.00. The van der Waals surface area contributed by atoms with Crippen LogP contribution in [0.15, 0.2) is 42.5 Å². The van der Waals surface area contributed by atoms with E-state index in [9.17, 15) is 4.79 Å². The first-order valence-electron chi connectivity index (χ1n) is 8.50. The average molecular weight is 340 g/mol. The van der Waals surface area contributed by atoms with Crippen LogP contribution in [0.2, 0.25) is 0 Å². The van der Waals surface area contributed by atoms with E-state index in [1.807, 2.05) is 47.4 Å². The molecule has 0 saturated heterocycles. The Morgan fingerprint density at radius 2 is 1.92 bits per heavy atom. The molecule has 0 saturated carbocycles. The van der Waals surface area contributed by atoms with Crippen LogP contribution in [0.3, 0.4) is 0 Å². The summed E-state index contributed by atoms with van der Waals surface area (Å²) in [6, 6.07) is 13.4. The number of carbonyl (C=O) groups is 1. The molecule has 1 amide bonds. The van der Waals surface area contributed by atoms with Gasteiger partial charge in [-0.05, 0) is 37.6 Å². The zero-order chi connectivity index (χ0) is 18.0. The van der Waals surface area contributed by atoms with Gasteiger partial charge < -0.3 is 19.7 Å². The predicted octanol–water partition coefficient (Wildman–Crippen LogP) is 4.07. The molecule has 132 valence electrons. The molecule has 0 unspecified atom stereocenters. The van der Waals surface area contributed by atoms with Crippen molar-refractivity contribution in [2.75, 3.05) is 19.5 Å². The summed E-state index contributed by atoms with van der Waals surface area (Å²) >= 11 is 0. The standard InChI is InChI=1S/C20H24N2O3/c1-5-13(2)22-19(16-11-10-14(24-3)12-18(16)25-4)21-17-9-7-6-8-15(17)20(22)23/h6-13,19,21H,5H2,1-4H3/t13-,19+/m0/s1. The van der Waals surface area contributed by atoms with E-state index < -0.39 is 0 Å². The fraction of sp³-hybridized carbons (Fsp3) is 0.350. The van der Waals surface area contributed by atoms with Gasteiger partial charge in [0.1, 0.15) is 17.7 Å². The summed E-state index contributed by atoms with van der Waals surface area (Å²) in [7, 11) is 3.25. The Kier molecular flexibility index (Phi) is 4.83. The van der Waals surface area contributed by atoms with Crippen molar-refractivity contribution in [1.29, 1.82) is 0 Å². The molecule has 1 aliphatic rings. The number of amides is 1. The Morgan fingerprint density at radius 3 is 2.60 bits per heavy atom. The number of anilines is 1. The highest BCUT2D eigenvalue weighted by atomic mass is 16.5. The van der Waals surface area contributed by atoms with Crippen LogP contribution < -0.4 is 14.8 Å². The Balaban J connectivity index is 2.11. The van der Waals surface area contributed by atoms with Crippen molar-refractivity contribution < 1.29 is 14.3 Å². The molecule has 0 radical (unpaired) electrons. The highest BCUT2D eigenvalue weighted by Gasteiger charge is 2.36. The summed E-state index contributed by atoms with van der Waals surface area (Å²) in [5.41, 5.74) is 2.45. The zero-order valence-electron chi connectivity index (χ0n) is 15.1. The fourth-order valence-electron chi connectivity index (χ4n) is 3.19. The van der Waals surface area contributed by atoms with Crippen molar-refractivity contribution in [3.8, 4) is 11.5 Å². The third-order valence-electron chi connectivity index (χ3n) is 4.76. The molecule has 1 heterocycles. The predicted molar refractivity (Wildman–Crippen MR) is 98.3 cm³/mol. The normalized spacial score (nSPS) is 17.5. The van der Waals surface area contributed by atoms with E-state index in [-0.39, 0.29) is 18.1 Å². The molecule has 1 aliphatic heterocycles. The summed E-state index contributed by atoms with van der Waals surface area (Å²) < 4.78 is 10.9. The van der Waals surface area contributed by atoms with Crippen molar-refractivity contribution in [2.24, 2.45) is 0 Å². The van der Waals surface area contributed by atoms with Gasteiger partial charge in [-0.25, -0.2) is 0 Å². The first kappa shape index (κ1) is 17.1. The molecule has 25 heavy (non-hydrogen) atoms. The molecule has 1 N–H and O–H groups in total. The lowest BCUT2D eigenvalue weighted by Gasteiger charge is -2.41. The van der Waals surface area contributed by atoms with Gasteiger partial charge in [0.05, 0.1) is 19.8 Å². The molecule has 0 spiro atoms. The Hall–Kier alpha value is -2.69. The molecule has 2 aromatic carbocycles. The fourth-order valence-corrected chi connectivity index (χ4v) is 3.19. The Morgan fingerprint density at radius 1 is 1.16 bits per heavy atom. The van der Waals surface area contributed by atoms with Crippen LogP contribution >= 0.6 is 0 Å². The van der Waals surface area contributed by atoms with E-state index in [1.54, 1.807) is 14.2 Å². The highest BCUT2D eigenvalue weighted by molar-refractivity contribution is 6.02. The second-order valence-electron chi connectivity index (χ2n) is 6.17. The summed E-state index contributed by atoms with van der Waals surface area (Å²) in [5, 5.41) is 3.51. The minimum atomic E-state index is -0.293. The molecule has 2 aromatic rings. The number of rotatable bonds is 5. The van der Waals surface area contributed by atoms with Gasteiger partial charge >= 0.3 is 0 Å². The maximum atomic E-state index is 13.1. The number of hydrogen-bond donors (Lipinski definition) is 1. The highest BCUT2D eigenvalue weighted by Crippen LogP contribution is 2.39. The molecule has 0 fully saturated rings. The number of nitrogens with zero attached hydrogens (tertiary/aromatic N) is 1. The minimum absolute atomic E-state index is 0.0339. The van der Waals surface area contributed by atoms with Crippen LogP contribution in [-0.4, -0.2) is 31.1 Å². The van der Waals surface area contributed by atoms with Gasteiger partial charge in [-0.3, -0.25) is 4.79 Å². The lowest BCUT2D eigenvalue weighted by Crippen LogP contribution is -2.47. The number of nitrogens with one attached hydrogen (secondary N) is 1. The van der Waals surface area contributed by atoms with Crippen LogP contribution in [-0.2, 0) is 0 Å². The van der Waals surface area contributed by atoms with E-state index in [4.69, 9.17) is 9.47 Å². The third kappa shape index (κ3) is 3.02. The molecule has 0 bridgehead atoms. The molecular formula is C20H24N2O3. The van der Waals surface area contributed by atoms with E-state index in [0.29, 0.717) is 11.3 Å². The third-order valence-corrected chi connectivity index (χ3v) is 4.76. The summed E-state index contributed by atoms with van der Waals surface area (Å²) in [4.78, 5) is 15.0. The molecule has 5 heteroatoms. The van der Waals surface area contributed by atoms with Crippen LogP contribution in [0, 0.1) is 0 Å². The number of methoxy groups -OCH3 is 2. The lowest BCUT2D eigenvalue weighted by molar-refractivity contribution is 0.0591. The van der Waals surface area contributed by atoms with Gasteiger partial charge in [0.2, 0.25) is 0 Å². The molecule has 0 aliphatic carbocycles. The average Bonchev–Trinajstić information content (AvgIpc) is 2.66. The number of benzene rings is 2. The van der Waals surface area contributed by atoms with Gasteiger partial charge in [-0.2, -0.15) is 0 Å². The van der Waals surface area contributed by atoms with E-state index >= 15 is 0 Å². The molecule has 5 nitrogen and oxygen atoms in total. The quantitative estimate of drug-likeness (QED) is 0.891. The van der Waals surface area contributed by atoms with Crippen molar-refractivity contribution in [3.63, 3.8) is 0 Å². The number of para-hydroxylation sites is 1. The van der Waals surface area contributed by atoms with Crippen molar-refractivity contribution in [3.05, 3.63) is 53.6 Å². The molecular weight excluding hydrogens is 316 g/mol. The first-order chi connectivity index (χ1) is 12.1. The Bertz CT molecular complexity index is 775. The number of fused-ring (bicyclic) bond motifs is 1. The second-order valence-corrected chi connectivity index (χ2v) is 6.17. The molecule has 3 rings (SSSR count). The maximum absolute atomic E-state index is 13.1. The maximum Gasteiger partial charge on any atom is 0.258 e. The summed E-state index contributed by atoms with van der Waals surface area (Å²) in [6.45, 7) is 4.15. The van der Waals surface area contributed by atoms with Crippen LogP contribution in [0.5, 0.6) is 11.5 Å². The SMILES string of the molecule is CC[C@H](C)N1C(=O)c2ccccc2N[C@H]1c1ccc(OC)cc1OC. The van der Waals surface area contributed by atoms with Crippen molar-refractivity contribution >= 4 is 11.6 Å². The number of ether oxygens (including phenoxy) is 2. The minimum Gasteiger partial charge on any atom is -0.497 e. The first-order valence-corrected chi connectivity index (χ1v) is 8.50. The van der Waals surface area contributed by atoms with Crippen LogP contribution in [0.1, 0.15) is 42.4 Å². The van der Waals surface area contributed by atoms with Gasteiger partial charge in [0.25, 0.3) is 5.91 Å². The molecule has 2 atom stereocenters. The van der Waals surface area contributed by atoms with Crippen LogP contribution in [0.4, 0.5) is 5.69 Å². The van der Waals surface area contributed by atoms with Gasteiger partial charge in [0.15, 0.2) is 0 Å². The van der Waals surface area contributed by atoms with Crippen molar-refractivity contribution in [1.82, 2.24) is 4.90 Å². The zero-order valence-corrected chi connectivity index (χ0v) is 15.1. The largest absolute Gasteiger partial charge is 0.497 e. The van der Waals surface area contributed by atoms with Crippen molar-refractivity contribution in [2.45, 2.75) is 32.5 Å². The smallest absolute Gasteiger partial charge is 0.258 e. The number of hydrogen-bond acceptors (Lipinski definition) is 4. The van der Waals surface area contributed by atoms with E-state index in [0.717, 1.165) is 23.4 Å². The summed E-state index contributed by atoms with van der Waals surface area (Å²) in [6.07, 6.45) is 0.572. The monoisotopic (exact) mass is 340 g/mol. The van der Waals surface area contributed by atoms with E-state index in [2.05, 4.69) is 19.2 Å². The summed E-state index contributed by atoms with van der Waals surface area (Å²) in [5.74, 6) is 1.45. The van der Waals surface area contributed by atoms with Gasteiger partial charge in [-0.15, -0.1) is 0 Å². The number of carbonyl (C=O) groups excluding carboxylic acids is 1. The topological polar surface area (TPSA) is 50.8 Å². The second kappa shape index (κ2) is 7.05.